The summed E-state index contributed by atoms with van der Waals surface area (Å²) >= 11 is 0. The van der Waals surface area contributed by atoms with Crippen molar-refractivity contribution in [3.63, 3.8) is 0 Å². The lowest BCUT2D eigenvalue weighted by molar-refractivity contribution is -0.150. The van der Waals surface area contributed by atoms with Gasteiger partial charge >= 0.3 is 5.97 Å². The van der Waals surface area contributed by atoms with Gasteiger partial charge in [-0.05, 0) is 75.8 Å². The number of carbonyl (C=O) groups excluding carboxylic acids is 1. The van der Waals surface area contributed by atoms with Crippen molar-refractivity contribution in [2.75, 3.05) is 31.1 Å². The number of fused-ring (bicyclic) bond motifs is 2. The predicted octanol–water partition coefficient (Wildman–Crippen LogP) is 4.98. The smallest absolute Gasteiger partial charge is 0.310 e. The fraction of sp³-hybridized carbons (Fsp3) is 0.500. The predicted molar refractivity (Wildman–Crippen MR) is 122 cm³/mol. The summed E-state index contributed by atoms with van der Waals surface area (Å²) in [5.74, 6) is 0.00515. The number of ether oxygens (including phenoxy) is 1. The van der Waals surface area contributed by atoms with Crippen molar-refractivity contribution in [3.05, 3.63) is 59.7 Å². The van der Waals surface area contributed by atoms with Gasteiger partial charge < -0.3 is 9.64 Å². The van der Waals surface area contributed by atoms with Gasteiger partial charge in [0, 0.05) is 30.5 Å². The molecule has 4 nitrogen and oxygen atoms in total. The maximum absolute atomic E-state index is 12.2. The molecule has 0 bridgehead atoms. The number of hydrogen-bond donors (Lipinski definition) is 0. The molecule has 160 valence electrons. The molecule has 2 aromatic rings. The van der Waals surface area contributed by atoms with Crippen LogP contribution in [0, 0.1) is 5.92 Å². The van der Waals surface area contributed by atoms with Crippen LogP contribution in [0.5, 0.6) is 0 Å². The number of nitrogens with zero attached hydrogens (tertiary/aromatic N) is 2. The summed E-state index contributed by atoms with van der Waals surface area (Å²) in [5, 5.41) is 0. The maximum atomic E-state index is 12.2. The fourth-order valence-corrected chi connectivity index (χ4v) is 4.97. The molecule has 30 heavy (non-hydrogen) atoms. The highest BCUT2D eigenvalue weighted by Gasteiger charge is 2.29. The summed E-state index contributed by atoms with van der Waals surface area (Å²) in [6, 6.07) is 18.1. The van der Waals surface area contributed by atoms with E-state index in [4.69, 9.17) is 4.74 Å². The topological polar surface area (TPSA) is 32.8 Å². The molecule has 2 aliphatic rings. The van der Waals surface area contributed by atoms with Crippen LogP contribution in [0.4, 0.5) is 11.4 Å². The van der Waals surface area contributed by atoms with Crippen LogP contribution in [0.25, 0.3) is 0 Å². The van der Waals surface area contributed by atoms with Crippen LogP contribution in [0.1, 0.15) is 44.2 Å². The first-order chi connectivity index (χ1) is 14.7. The van der Waals surface area contributed by atoms with Crippen LogP contribution in [0.2, 0.25) is 0 Å². The van der Waals surface area contributed by atoms with Crippen LogP contribution >= 0.6 is 0 Å². The second-order valence-corrected chi connectivity index (χ2v) is 8.63. The highest BCUT2D eigenvalue weighted by molar-refractivity contribution is 5.73. The first-order valence-electron chi connectivity index (χ1n) is 11.5. The van der Waals surface area contributed by atoms with Gasteiger partial charge in [0.15, 0.2) is 0 Å². The molecule has 1 saturated heterocycles. The standard InChI is InChI=1S/C26H34N2O2/c1-3-30-26(29)23-11-8-17-27(19-23)20(2)16-18-28-24-12-6-4-9-21(24)14-15-22-10-5-7-13-25(22)28/h4-7,9-10,12-13,20,23H,3,8,11,14-19H2,1-2H3/t20-,23?/m1/s1. The zero-order chi connectivity index (χ0) is 20.9. The average molecular weight is 407 g/mol. The SMILES string of the molecule is CCOC(=O)C1CCCN([C@H](C)CCN2c3ccccc3CCc3ccccc32)C1. The largest absolute Gasteiger partial charge is 0.466 e. The Bertz CT molecular complexity index is 818. The third kappa shape index (κ3) is 4.54. The number of rotatable bonds is 6. The second-order valence-electron chi connectivity index (χ2n) is 8.63. The number of carbonyl (C=O) groups is 1. The van der Waals surface area contributed by atoms with Crippen molar-refractivity contribution in [3.8, 4) is 0 Å². The molecule has 0 aromatic heterocycles. The quantitative estimate of drug-likeness (QED) is 0.634. The molecule has 1 fully saturated rings. The summed E-state index contributed by atoms with van der Waals surface area (Å²) in [7, 11) is 0. The Balaban J connectivity index is 1.47. The molecule has 4 rings (SSSR count). The maximum Gasteiger partial charge on any atom is 0.310 e. The molecule has 0 N–H and O–H groups in total. The molecule has 4 heteroatoms. The number of hydrogen-bond acceptors (Lipinski definition) is 4. The van der Waals surface area contributed by atoms with Gasteiger partial charge in [-0.2, -0.15) is 0 Å². The van der Waals surface area contributed by atoms with E-state index in [2.05, 4.69) is 65.3 Å². The molecule has 0 saturated carbocycles. The number of benzene rings is 2. The first kappa shape index (κ1) is 20.9. The monoisotopic (exact) mass is 406 g/mol. The van der Waals surface area contributed by atoms with Gasteiger partial charge in [0.25, 0.3) is 0 Å². The molecule has 0 amide bonds. The molecule has 0 spiro atoms. The normalized spacial score (nSPS) is 20.1. The lowest BCUT2D eigenvalue weighted by Gasteiger charge is -2.37. The molecule has 2 aromatic carbocycles. The molecule has 2 heterocycles. The number of anilines is 2. The van der Waals surface area contributed by atoms with Crippen LogP contribution < -0.4 is 4.90 Å². The summed E-state index contributed by atoms with van der Waals surface area (Å²) in [6.07, 6.45) is 5.27. The Morgan fingerprint density at radius 2 is 1.70 bits per heavy atom. The summed E-state index contributed by atoms with van der Waals surface area (Å²) < 4.78 is 5.28. The highest BCUT2D eigenvalue weighted by atomic mass is 16.5. The minimum atomic E-state index is -0.0234. The Labute approximate surface area is 180 Å². The van der Waals surface area contributed by atoms with Crippen LogP contribution in [0.15, 0.2) is 48.5 Å². The third-order valence-corrected chi connectivity index (χ3v) is 6.70. The third-order valence-electron chi connectivity index (χ3n) is 6.70. The zero-order valence-electron chi connectivity index (χ0n) is 18.3. The van der Waals surface area contributed by atoms with Crippen molar-refractivity contribution in [2.24, 2.45) is 5.92 Å². The number of esters is 1. The Morgan fingerprint density at radius 1 is 1.07 bits per heavy atom. The van der Waals surface area contributed by atoms with E-state index in [0.29, 0.717) is 12.6 Å². The van der Waals surface area contributed by atoms with E-state index < -0.39 is 0 Å². The van der Waals surface area contributed by atoms with E-state index in [-0.39, 0.29) is 11.9 Å². The van der Waals surface area contributed by atoms with E-state index in [1.54, 1.807) is 0 Å². The van der Waals surface area contributed by atoms with Gasteiger partial charge in [0.1, 0.15) is 0 Å². The number of likely N-dealkylation sites (tertiary alicyclic amines) is 1. The minimum absolute atomic E-state index is 0.0234. The van der Waals surface area contributed by atoms with Gasteiger partial charge in [-0.15, -0.1) is 0 Å². The summed E-state index contributed by atoms with van der Waals surface area (Å²) in [6.45, 7) is 7.55. The van der Waals surface area contributed by atoms with Crippen molar-refractivity contribution in [1.29, 1.82) is 0 Å². The molecule has 2 aliphatic heterocycles. The minimum Gasteiger partial charge on any atom is -0.466 e. The van der Waals surface area contributed by atoms with Gasteiger partial charge in [0.05, 0.1) is 12.5 Å². The van der Waals surface area contributed by atoms with Crippen LogP contribution in [0.3, 0.4) is 0 Å². The van der Waals surface area contributed by atoms with E-state index in [1.165, 1.54) is 22.5 Å². The number of para-hydroxylation sites is 2. The molecule has 0 aliphatic carbocycles. The van der Waals surface area contributed by atoms with Gasteiger partial charge in [-0.25, -0.2) is 0 Å². The summed E-state index contributed by atoms with van der Waals surface area (Å²) in [5.41, 5.74) is 5.55. The number of aryl methyl sites for hydroxylation is 2. The zero-order valence-corrected chi connectivity index (χ0v) is 18.3. The molecular weight excluding hydrogens is 372 g/mol. The van der Waals surface area contributed by atoms with E-state index >= 15 is 0 Å². The molecule has 2 atom stereocenters. The van der Waals surface area contributed by atoms with Gasteiger partial charge in [-0.1, -0.05) is 36.4 Å². The molecule has 1 unspecified atom stereocenters. The Hall–Kier alpha value is -2.33. The van der Waals surface area contributed by atoms with Crippen LogP contribution in [-0.4, -0.2) is 43.2 Å². The second kappa shape index (κ2) is 9.65. The fourth-order valence-electron chi connectivity index (χ4n) is 4.97. The highest BCUT2D eigenvalue weighted by Crippen LogP contribution is 2.36. The van der Waals surface area contributed by atoms with Crippen molar-refractivity contribution in [1.82, 2.24) is 4.90 Å². The van der Waals surface area contributed by atoms with Gasteiger partial charge in [0.2, 0.25) is 0 Å². The van der Waals surface area contributed by atoms with E-state index in [0.717, 1.165) is 51.7 Å². The molecular formula is C26H34N2O2. The Morgan fingerprint density at radius 3 is 2.33 bits per heavy atom. The van der Waals surface area contributed by atoms with Crippen molar-refractivity contribution >= 4 is 17.3 Å². The van der Waals surface area contributed by atoms with E-state index in [1.807, 2.05) is 6.92 Å². The summed E-state index contributed by atoms with van der Waals surface area (Å²) in [4.78, 5) is 17.2. The number of piperidine rings is 1. The Kier molecular flexibility index (Phi) is 6.73. The lowest BCUT2D eigenvalue weighted by atomic mass is 9.96. The van der Waals surface area contributed by atoms with Crippen molar-refractivity contribution in [2.45, 2.75) is 52.0 Å². The van der Waals surface area contributed by atoms with Crippen molar-refractivity contribution < 1.29 is 9.53 Å². The van der Waals surface area contributed by atoms with E-state index in [9.17, 15) is 4.79 Å². The van der Waals surface area contributed by atoms with Crippen LogP contribution in [-0.2, 0) is 22.4 Å². The lowest BCUT2D eigenvalue weighted by Crippen LogP contribution is -2.44. The average Bonchev–Trinajstić information content (AvgIpc) is 2.94. The first-order valence-corrected chi connectivity index (χ1v) is 11.5. The van der Waals surface area contributed by atoms with Gasteiger partial charge in [-0.3, -0.25) is 9.69 Å². The molecule has 0 radical (unpaired) electrons.